The highest BCUT2D eigenvalue weighted by Crippen LogP contribution is 2.26. The zero-order valence-electron chi connectivity index (χ0n) is 13.9. The zero-order chi connectivity index (χ0) is 17.6. The van der Waals surface area contributed by atoms with Crippen LogP contribution in [-0.2, 0) is 4.74 Å². The number of carbonyl (C=O) groups is 1. The van der Waals surface area contributed by atoms with Gasteiger partial charge in [0.2, 0.25) is 5.88 Å². The van der Waals surface area contributed by atoms with Gasteiger partial charge >= 0.3 is 12.1 Å². The molecule has 0 aliphatic heterocycles. The van der Waals surface area contributed by atoms with Gasteiger partial charge in [-0.15, -0.1) is 0 Å². The summed E-state index contributed by atoms with van der Waals surface area (Å²) in [5.74, 6) is 0.0701. The van der Waals surface area contributed by atoms with E-state index in [-0.39, 0.29) is 24.0 Å². The van der Waals surface area contributed by atoms with Crippen LogP contribution < -0.4 is 14.8 Å². The van der Waals surface area contributed by atoms with Crippen molar-refractivity contribution in [3.8, 4) is 11.9 Å². The predicted octanol–water partition coefficient (Wildman–Crippen LogP) is 0.413. The molecular weight excluding hydrogens is 306 g/mol. The van der Waals surface area contributed by atoms with E-state index >= 15 is 0 Å². The average molecular weight is 329 g/mol. The minimum Gasteiger partial charge on any atom is -0.481 e. The molecule has 1 rings (SSSR count). The number of hydrogen-bond donors (Lipinski definition) is 3. The highest BCUT2D eigenvalue weighted by atomic mass is 16.6. The van der Waals surface area contributed by atoms with E-state index in [4.69, 9.17) is 14.2 Å². The fraction of sp³-hybridized carbons (Fsp3) is 0.643. The summed E-state index contributed by atoms with van der Waals surface area (Å²) in [6.07, 6.45) is -2.06. The molecule has 23 heavy (non-hydrogen) atoms. The molecule has 0 aromatic carbocycles. The first kappa shape index (κ1) is 18.9. The molecule has 0 aliphatic rings. The molecule has 130 valence electrons. The Morgan fingerprint density at radius 3 is 2.48 bits per heavy atom. The molecule has 0 aliphatic carbocycles. The van der Waals surface area contributed by atoms with Crippen molar-refractivity contribution in [3.05, 3.63) is 11.8 Å². The van der Waals surface area contributed by atoms with Crippen molar-refractivity contribution in [1.29, 1.82) is 0 Å². The largest absolute Gasteiger partial charge is 0.481 e. The standard InChI is InChI=1S/C14H23N3O6/c1-14(2,3)23-13(20)16-7-9(18)10(19)8-6-15-12(22-5)17-11(8)21-4/h6,9-10,18-19H,7H2,1-5H3,(H,16,20). The molecule has 1 heterocycles. The Morgan fingerprint density at radius 2 is 1.96 bits per heavy atom. The summed E-state index contributed by atoms with van der Waals surface area (Å²) in [6, 6.07) is 0.0687. The lowest BCUT2D eigenvalue weighted by atomic mass is 10.1. The summed E-state index contributed by atoms with van der Waals surface area (Å²) in [5, 5.41) is 22.5. The van der Waals surface area contributed by atoms with Crippen molar-refractivity contribution in [1.82, 2.24) is 15.3 Å². The smallest absolute Gasteiger partial charge is 0.407 e. The van der Waals surface area contributed by atoms with E-state index in [0.29, 0.717) is 0 Å². The number of methoxy groups -OCH3 is 2. The third-order valence-electron chi connectivity index (χ3n) is 2.67. The maximum Gasteiger partial charge on any atom is 0.407 e. The summed E-state index contributed by atoms with van der Waals surface area (Å²) in [5.41, 5.74) is -0.479. The number of aromatic nitrogens is 2. The number of ether oxygens (including phenoxy) is 3. The summed E-state index contributed by atoms with van der Waals surface area (Å²) >= 11 is 0. The van der Waals surface area contributed by atoms with Crippen LogP contribution in [0.5, 0.6) is 11.9 Å². The fourth-order valence-electron chi connectivity index (χ4n) is 1.65. The Balaban J connectivity index is 2.70. The number of alkyl carbamates (subject to hydrolysis) is 1. The Kier molecular flexibility index (Phi) is 6.52. The van der Waals surface area contributed by atoms with Crippen LogP contribution in [0.15, 0.2) is 6.20 Å². The van der Waals surface area contributed by atoms with Gasteiger partial charge in [-0.05, 0) is 20.8 Å². The van der Waals surface area contributed by atoms with Gasteiger partial charge in [0.15, 0.2) is 0 Å². The highest BCUT2D eigenvalue weighted by molar-refractivity contribution is 5.67. The van der Waals surface area contributed by atoms with E-state index < -0.39 is 23.9 Å². The summed E-state index contributed by atoms with van der Waals surface area (Å²) in [4.78, 5) is 19.3. The SMILES string of the molecule is COc1ncc(C(O)C(O)CNC(=O)OC(C)(C)C)c(OC)n1. The fourth-order valence-corrected chi connectivity index (χ4v) is 1.65. The van der Waals surface area contributed by atoms with Gasteiger partial charge < -0.3 is 29.7 Å². The molecule has 0 fully saturated rings. The van der Waals surface area contributed by atoms with Gasteiger partial charge in [-0.1, -0.05) is 0 Å². The van der Waals surface area contributed by atoms with E-state index in [1.165, 1.54) is 20.4 Å². The van der Waals surface area contributed by atoms with E-state index in [1.807, 2.05) is 0 Å². The van der Waals surface area contributed by atoms with Crippen LogP contribution in [0.3, 0.4) is 0 Å². The van der Waals surface area contributed by atoms with Gasteiger partial charge in [-0.3, -0.25) is 0 Å². The van der Waals surface area contributed by atoms with Crippen LogP contribution in [0.25, 0.3) is 0 Å². The average Bonchev–Trinajstić information content (AvgIpc) is 2.49. The Bertz CT molecular complexity index is 532. The van der Waals surface area contributed by atoms with Gasteiger partial charge in [0.05, 0.1) is 19.8 Å². The number of rotatable bonds is 6. The second kappa shape index (κ2) is 7.93. The molecule has 0 bridgehead atoms. The number of amides is 1. The first-order valence-corrected chi connectivity index (χ1v) is 6.96. The Labute approximate surface area is 134 Å². The van der Waals surface area contributed by atoms with Gasteiger partial charge in [0.25, 0.3) is 0 Å². The first-order chi connectivity index (χ1) is 10.7. The van der Waals surface area contributed by atoms with Crippen LogP contribution >= 0.6 is 0 Å². The minimum atomic E-state index is -1.36. The van der Waals surface area contributed by atoms with Crippen molar-refractivity contribution in [2.24, 2.45) is 0 Å². The molecule has 0 saturated carbocycles. The zero-order valence-corrected chi connectivity index (χ0v) is 13.9. The van der Waals surface area contributed by atoms with Crippen LogP contribution in [0.1, 0.15) is 32.4 Å². The molecule has 9 nitrogen and oxygen atoms in total. The van der Waals surface area contributed by atoms with Crippen LogP contribution in [0.4, 0.5) is 4.79 Å². The van der Waals surface area contributed by atoms with Crippen molar-refractivity contribution < 1.29 is 29.2 Å². The summed E-state index contributed by atoms with van der Waals surface area (Å²) in [6.45, 7) is 4.94. The lowest BCUT2D eigenvalue weighted by Crippen LogP contribution is -2.39. The molecule has 2 unspecified atom stereocenters. The predicted molar refractivity (Wildman–Crippen MR) is 80.3 cm³/mol. The molecular formula is C14H23N3O6. The summed E-state index contributed by atoms with van der Waals surface area (Å²) in [7, 11) is 2.76. The third-order valence-corrected chi connectivity index (χ3v) is 2.67. The molecule has 3 N–H and O–H groups in total. The van der Waals surface area contributed by atoms with E-state index in [1.54, 1.807) is 20.8 Å². The van der Waals surface area contributed by atoms with Crippen LogP contribution in [-0.4, -0.2) is 58.7 Å². The first-order valence-electron chi connectivity index (χ1n) is 6.96. The topological polar surface area (TPSA) is 123 Å². The number of aliphatic hydroxyl groups excluding tert-OH is 2. The van der Waals surface area contributed by atoms with E-state index in [9.17, 15) is 15.0 Å². The molecule has 9 heteroatoms. The van der Waals surface area contributed by atoms with Crippen LogP contribution in [0, 0.1) is 0 Å². The molecule has 1 amide bonds. The lowest BCUT2D eigenvalue weighted by Gasteiger charge is -2.22. The van der Waals surface area contributed by atoms with Crippen molar-refractivity contribution in [3.63, 3.8) is 0 Å². The Hall–Kier alpha value is -2.13. The molecule has 0 saturated heterocycles. The molecule has 1 aromatic rings. The molecule has 0 spiro atoms. The minimum absolute atomic E-state index is 0.0687. The molecule has 0 radical (unpaired) electrons. The number of nitrogens with one attached hydrogen (secondary N) is 1. The molecule has 2 atom stereocenters. The van der Waals surface area contributed by atoms with Crippen molar-refractivity contribution in [2.45, 2.75) is 38.6 Å². The number of aliphatic hydroxyl groups is 2. The number of nitrogens with zero attached hydrogens (tertiary/aromatic N) is 2. The second-order valence-corrected chi connectivity index (χ2v) is 5.72. The monoisotopic (exact) mass is 329 g/mol. The van der Waals surface area contributed by atoms with Gasteiger partial charge in [0, 0.05) is 12.7 Å². The maximum absolute atomic E-state index is 11.5. The van der Waals surface area contributed by atoms with E-state index in [2.05, 4.69) is 15.3 Å². The van der Waals surface area contributed by atoms with Crippen LogP contribution in [0.2, 0.25) is 0 Å². The number of carbonyl (C=O) groups excluding carboxylic acids is 1. The van der Waals surface area contributed by atoms with Gasteiger partial charge in [0.1, 0.15) is 17.8 Å². The normalized spacial score (nSPS) is 13.9. The van der Waals surface area contributed by atoms with Gasteiger partial charge in [-0.25, -0.2) is 9.78 Å². The van der Waals surface area contributed by atoms with E-state index in [0.717, 1.165) is 0 Å². The van der Waals surface area contributed by atoms with Crippen molar-refractivity contribution in [2.75, 3.05) is 20.8 Å². The highest BCUT2D eigenvalue weighted by Gasteiger charge is 2.25. The van der Waals surface area contributed by atoms with Gasteiger partial charge in [-0.2, -0.15) is 4.98 Å². The number of hydrogen-bond acceptors (Lipinski definition) is 8. The third kappa shape index (κ3) is 5.87. The van der Waals surface area contributed by atoms with Crippen molar-refractivity contribution >= 4 is 6.09 Å². The second-order valence-electron chi connectivity index (χ2n) is 5.72. The quantitative estimate of drug-likeness (QED) is 0.686. The Morgan fingerprint density at radius 1 is 1.30 bits per heavy atom. The summed E-state index contributed by atoms with van der Waals surface area (Å²) < 4.78 is 14.9. The maximum atomic E-state index is 11.5. The molecule has 1 aromatic heterocycles. The lowest BCUT2D eigenvalue weighted by molar-refractivity contribution is 0.0113.